The molecule has 0 saturated carbocycles. The molecule has 3 unspecified atom stereocenters. The molecule has 0 spiro atoms. The maximum atomic E-state index is 10.6. The molecule has 0 bridgehead atoms. The number of ether oxygens (including phenoxy) is 1. The number of aliphatic carboxylic acids is 1. The van der Waals surface area contributed by atoms with Crippen molar-refractivity contribution in [3.05, 3.63) is 0 Å². The molecular formula is C10H15NO3. The van der Waals surface area contributed by atoms with Gasteiger partial charge in [0, 0.05) is 6.54 Å². The molecule has 2 N–H and O–H groups in total. The summed E-state index contributed by atoms with van der Waals surface area (Å²) in [4.78, 5) is 10.6. The zero-order valence-electron chi connectivity index (χ0n) is 8.19. The quantitative estimate of drug-likeness (QED) is 0.633. The molecule has 1 saturated heterocycles. The van der Waals surface area contributed by atoms with Gasteiger partial charge in [-0.2, -0.15) is 0 Å². The Bertz CT molecular complexity index is 246. The van der Waals surface area contributed by atoms with Gasteiger partial charge in [-0.25, -0.2) is 4.79 Å². The number of carboxylic acids is 1. The molecule has 78 valence electrons. The molecule has 0 aromatic heterocycles. The number of hydrogen-bond acceptors (Lipinski definition) is 3. The van der Waals surface area contributed by atoms with Crippen molar-refractivity contribution in [1.29, 1.82) is 0 Å². The lowest BCUT2D eigenvalue weighted by Crippen LogP contribution is -2.33. The third-order valence-electron chi connectivity index (χ3n) is 2.28. The molecule has 0 amide bonds. The van der Waals surface area contributed by atoms with E-state index in [-0.39, 0.29) is 12.1 Å². The van der Waals surface area contributed by atoms with Crippen LogP contribution in [0, 0.1) is 12.3 Å². The SMILES string of the molecule is C#CC(C)NCC1CCC(C(=O)O)O1. The topological polar surface area (TPSA) is 58.6 Å². The van der Waals surface area contributed by atoms with E-state index in [1.165, 1.54) is 0 Å². The summed E-state index contributed by atoms with van der Waals surface area (Å²) in [6.07, 6.45) is 5.90. The van der Waals surface area contributed by atoms with Gasteiger partial charge in [-0.05, 0) is 19.8 Å². The lowest BCUT2D eigenvalue weighted by Gasteiger charge is -2.13. The monoisotopic (exact) mass is 197 g/mol. The van der Waals surface area contributed by atoms with Crippen LogP contribution < -0.4 is 5.32 Å². The summed E-state index contributed by atoms with van der Waals surface area (Å²) < 4.78 is 5.29. The minimum absolute atomic E-state index is 0.00229. The third kappa shape index (κ3) is 3.02. The van der Waals surface area contributed by atoms with E-state index in [0.717, 1.165) is 6.42 Å². The van der Waals surface area contributed by atoms with Crippen molar-refractivity contribution in [3.63, 3.8) is 0 Å². The van der Waals surface area contributed by atoms with E-state index in [4.69, 9.17) is 16.3 Å². The molecule has 4 heteroatoms. The van der Waals surface area contributed by atoms with Crippen molar-refractivity contribution in [1.82, 2.24) is 5.32 Å². The fraction of sp³-hybridized carbons (Fsp3) is 0.700. The number of rotatable bonds is 4. The predicted molar refractivity (Wildman–Crippen MR) is 51.8 cm³/mol. The van der Waals surface area contributed by atoms with Gasteiger partial charge >= 0.3 is 5.97 Å². The van der Waals surface area contributed by atoms with Gasteiger partial charge in [0.15, 0.2) is 6.10 Å². The van der Waals surface area contributed by atoms with Gasteiger partial charge in [0.05, 0.1) is 12.1 Å². The maximum absolute atomic E-state index is 10.6. The van der Waals surface area contributed by atoms with Crippen molar-refractivity contribution < 1.29 is 14.6 Å². The Labute approximate surface area is 83.6 Å². The van der Waals surface area contributed by atoms with Gasteiger partial charge < -0.3 is 15.2 Å². The molecular weight excluding hydrogens is 182 g/mol. The molecule has 0 aromatic rings. The summed E-state index contributed by atoms with van der Waals surface area (Å²) in [5, 5.41) is 11.8. The Morgan fingerprint density at radius 1 is 1.79 bits per heavy atom. The van der Waals surface area contributed by atoms with Crippen molar-refractivity contribution in [2.45, 2.75) is 38.0 Å². The largest absolute Gasteiger partial charge is 0.479 e. The second kappa shape index (κ2) is 4.99. The first kappa shape index (κ1) is 11.0. The molecule has 0 aromatic carbocycles. The second-order valence-corrected chi connectivity index (χ2v) is 3.46. The number of nitrogens with one attached hydrogen (secondary N) is 1. The fourth-order valence-electron chi connectivity index (χ4n) is 1.40. The highest BCUT2D eigenvalue weighted by Gasteiger charge is 2.30. The molecule has 0 radical (unpaired) electrons. The summed E-state index contributed by atoms with van der Waals surface area (Å²) in [5.41, 5.74) is 0. The van der Waals surface area contributed by atoms with Crippen molar-refractivity contribution in [3.8, 4) is 12.3 Å². The zero-order valence-corrected chi connectivity index (χ0v) is 8.19. The summed E-state index contributed by atoms with van der Waals surface area (Å²) in [6, 6.07) is 0.00229. The van der Waals surface area contributed by atoms with E-state index in [1.54, 1.807) is 0 Å². The second-order valence-electron chi connectivity index (χ2n) is 3.46. The third-order valence-corrected chi connectivity index (χ3v) is 2.28. The summed E-state index contributed by atoms with van der Waals surface area (Å²) in [6.45, 7) is 2.50. The van der Waals surface area contributed by atoms with Crippen LogP contribution in [-0.2, 0) is 9.53 Å². The van der Waals surface area contributed by atoms with Gasteiger partial charge in [-0.1, -0.05) is 5.92 Å². The Morgan fingerprint density at radius 3 is 3.00 bits per heavy atom. The van der Waals surface area contributed by atoms with E-state index in [9.17, 15) is 4.79 Å². The normalized spacial score (nSPS) is 28.3. The number of carboxylic acid groups (broad SMARTS) is 1. The number of terminal acetylenes is 1. The molecule has 1 heterocycles. The van der Waals surface area contributed by atoms with E-state index in [2.05, 4.69) is 11.2 Å². The lowest BCUT2D eigenvalue weighted by molar-refractivity contribution is -0.149. The van der Waals surface area contributed by atoms with Crippen LogP contribution in [0.15, 0.2) is 0 Å². The van der Waals surface area contributed by atoms with Crippen LogP contribution in [0.3, 0.4) is 0 Å². The highest BCUT2D eigenvalue weighted by molar-refractivity contribution is 5.72. The van der Waals surface area contributed by atoms with Crippen LogP contribution in [0.1, 0.15) is 19.8 Å². The van der Waals surface area contributed by atoms with E-state index in [0.29, 0.717) is 13.0 Å². The standard InChI is InChI=1S/C10H15NO3/c1-3-7(2)11-6-8-4-5-9(14-8)10(12)13/h1,7-9,11H,4-6H2,2H3,(H,12,13). The van der Waals surface area contributed by atoms with Gasteiger partial charge in [-0.15, -0.1) is 6.42 Å². The average Bonchev–Trinajstić information content (AvgIpc) is 2.62. The Hall–Kier alpha value is -1.05. The molecule has 1 aliphatic rings. The van der Waals surface area contributed by atoms with E-state index in [1.807, 2.05) is 6.92 Å². The first-order chi connectivity index (χ1) is 6.63. The van der Waals surface area contributed by atoms with Crippen LogP contribution >= 0.6 is 0 Å². The van der Waals surface area contributed by atoms with Gasteiger partial charge in [0.2, 0.25) is 0 Å². The summed E-state index contributed by atoms with van der Waals surface area (Å²) >= 11 is 0. The molecule has 1 fully saturated rings. The van der Waals surface area contributed by atoms with Crippen LogP contribution in [0.2, 0.25) is 0 Å². The van der Waals surface area contributed by atoms with Crippen LogP contribution in [0.25, 0.3) is 0 Å². The van der Waals surface area contributed by atoms with Gasteiger partial charge in [0.1, 0.15) is 0 Å². The Balaban J connectivity index is 2.23. The summed E-state index contributed by atoms with van der Waals surface area (Å²) in [7, 11) is 0. The van der Waals surface area contributed by atoms with Crippen LogP contribution in [0.5, 0.6) is 0 Å². The fourth-order valence-corrected chi connectivity index (χ4v) is 1.40. The molecule has 4 nitrogen and oxygen atoms in total. The highest BCUT2D eigenvalue weighted by atomic mass is 16.5. The van der Waals surface area contributed by atoms with Crippen molar-refractivity contribution in [2.24, 2.45) is 0 Å². The first-order valence-electron chi connectivity index (χ1n) is 4.71. The van der Waals surface area contributed by atoms with Crippen LogP contribution in [-0.4, -0.2) is 35.9 Å². The highest BCUT2D eigenvalue weighted by Crippen LogP contribution is 2.19. The molecule has 1 rings (SSSR count). The number of hydrogen-bond donors (Lipinski definition) is 2. The molecule has 14 heavy (non-hydrogen) atoms. The van der Waals surface area contributed by atoms with Crippen molar-refractivity contribution >= 4 is 5.97 Å². The minimum Gasteiger partial charge on any atom is -0.479 e. The maximum Gasteiger partial charge on any atom is 0.332 e. The molecule has 0 aliphatic carbocycles. The number of carbonyl (C=O) groups is 1. The van der Waals surface area contributed by atoms with E-state index < -0.39 is 12.1 Å². The predicted octanol–water partition coefficient (Wildman–Crippen LogP) is 0.230. The Kier molecular flexibility index (Phi) is 3.93. The lowest BCUT2D eigenvalue weighted by atomic mass is 10.2. The average molecular weight is 197 g/mol. The summed E-state index contributed by atoms with van der Waals surface area (Å²) in [5.74, 6) is 1.66. The zero-order chi connectivity index (χ0) is 10.6. The van der Waals surface area contributed by atoms with E-state index >= 15 is 0 Å². The smallest absolute Gasteiger partial charge is 0.332 e. The van der Waals surface area contributed by atoms with Gasteiger partial charge in [0.25, 0.3) is 0 Å². The Morgan fingerprint density at radius 2 is 2.50 bits per heavy atom. The minimum atomic E-state index is -0.877. The first-order valence-corrected chi connectivity index (χ1v) is 4.71. The molecule has 1 aliphatic heterocycles. The van der Waals surface area contributed by atoms with Gasteiger partial charge in [-0.3, -0.25) is 0 Å². The van der Waals surface area contributed by atoms with Crippen molar-refractivity contribution in [2.75, 3.05) is 6.54 Å². The van der Waals surface area contributed by atoms with Crippen LogP contribution in [0.4, 0.5) is 0 Å². The molecule has 3 atom stereocenters.